The first-order chi connectivity index (χ1) is 13.8. The number of phenols is 1. The van der Waals surface area contributed by atoms with Gasteiger partial charge in [0.25, 0.3) is 5.91 Å². The number of benzene rings is 1. The van der Waals surface area contributed by atoms with Crippen molar-refractivity contribution in [2.75, 3.05) is 0 Å². The number of hydrogen-bond donors (Lipinski definition) is 3. The van der Waals surface area contributed by atoms with Crippen LogP contribution in [0.2, 0.25) is 0 Å². The molecule has 0 aromatic heterocycles. The summed E-state index contributed by atoms with van der Waals surface area (Å²) in [4.78, 5) is 26.0. The predicted octanol–water partition coefficient (Wildman–Crippen LogP) is 4.04. The summed E-state index contributed by atoms with van der Waals surface area (Å²) in [6.45, 7) is 4.11. The van der Waals surface area contributed by atoms with Crippen LogP contribution in [0.25, 0.3) is 6.08 Å². The van der Waals surface area contributed by atoms with Crippen LogP contribution < -0.4 is 5.32 Å². The van der Waals surface area contributed by atoms with Gasteiger partial charge >= 0.3 is 0 Å². The molecule has 4 rings (SSSR count). The Kier molecular flexibility index (Phi) is 4.91. The molecule has 29 heavy (non-hydrogen) atoms. The van der Waals surface area contributed by atoms with Crippen LogP contribution in [-0.2, 0) is 9.59 Å². The second-order valence-corrected chi connectivity index (χ2v) is 8.28. The fraction of sp³-hybridized carbons (Fsp3) is 0.333. The lowest BCUT2D eigenvalue weighted by Gasteiger charge is -2.39. The van der Waals surface area contributed by atoms with E-state index in [4.69, 9.17) is 0 Å². The Labute approximate surface area is 170 Å². The molecule has 1 aromatic carbocycles. The molecule has 0 radical (unpaired) electrons. The quantitative estimate of drug-likeness (QED) is 0.536. The number of rotatable bonds is 3. The van der Waals surface area contributed by atoms with E-state index >= 15 is 0 Å². The maximum absolute atomic E-state index is 13.4. The highest BCUT2D eigenvalue weighted by molar-refractivity contribution is 6.23. The largest absolute Gasteiger partial charge is 0.508 e. The monoisotopic (exact) mass is 391 g/mol. The summed E-state index contributed by atoms with van der Waals surface area (Å²) >= 11 is 0. The third kappa shape index (κ3) is 3.53. The minimum absolute atomic E-state index is 0.00813. The lowest BCUT2D eigenvalue weighted by Crippen LogP contribution is -2.39. The van der Waals surface area contributed by atoms with Gasteiger partial charge in [-0.2, -0.15) is 0 Å². The van der Waals surface area contributed by atoms with Crippen molar-refractivity contribution in [1.29, 1.82) is 0 Å². The molecule has 1 heterocycles. The van der Waals surface area contributed by atoms with Crippen LogP contribution in [0.1, 0.15) is 32.3 Å². The summed E-state index contributed by atoms with van der Waals surface area (Å²) in [5, 5.41) is 22.7. The number of aliphatic hydroxyl groups is 1. The molecular formula is C24H25NO4. The van der Waals surface area contributed by atoms with Crippen LogP contribution in [-0.4, -0.2) is 21.9 Å². The van der Waals surface area contributed by atoms with Gasteiger partial charge < -0.3 is 15.5 Å². The number of ketones is 1. The first-order valence-electron chi connectivity index (χ1n) is 9.99. The summed E-state index contributed by atoms with van der Waals surface area (Å²) < 4.78 is 0. The molecule has 0 saturated carbocycles. The zero-order valence-electron chi connectivity index (χ0n) is 16.6. The summed E-state index contributed by atoms with van der Waals surface area (Å²) in [5.41, 5.74) is 2.09. The summed E-state index contributed by atoms with van der Waals surface area (Å²) in [5.74, 6) is -0.891. The Balaban J connectivity index is 1.66. The minimum Gasteiger partial charge on any atom is -0.508 e. The van der Waals surface area contributed by atoms with Gasteiger partial charge in [-0.25, -0.2) is 0 Å². The van der Waals surface area contributed by atoms with Crippen LogP contribution in [0.5, 0.6) is 5.75 Å². The minimum atomic E-state index is -0.557. The van der Waals surface area contributed by atoms with E-state index < -0.39 is 5.91 Å². The van der Waals surface area contributed by atoms with Crippen molar-refractivity contribution in [3.05, 3.63) is 70.7 Å². The van der Waals surface area contributed by atoms with Crippen molar-refractivity contribution in [3.63, 3.8) is 0 Å². The lowest BCUT2D eigenvalue weighted by atomic mass is 9.63. The number of Topliss-reactive ketones (excluding diaryl/α,β-unsaturated/α-hetero) is 1. The topological polar surface area (TPSA) is 86.6 Å². The molecule has 4 atom stereocenters. The molecule has 0 bridgehead atoms. The Morgan fingerprint density at radius 2 is 1.90 bits per heavy atom. The molecule has 2 aliphatic carbocycles. The number of amides is 1. The summed E-state index contributed by atoms with van der Waals surface area (Å²) in [6.07, 6.45) is 9.79. The van der Waals surface area contributed by atoms with Crippen LogP contribution in [0.15, 0.2) is 65.1 Å². The zero-order chi connectivity index (χ0) is 20.7. The molecule has 1 aliphatic heterocycles. The Bertz CT molecular complexity index is 981. The Morgan fingerprint density at radius 3 is 2.62 bits per heavy atom. The fourth-order valence-corrected chi connectivity index (χ4v) is 4.73. The molecule has 5 nitrogen and oxygen atoms in total. The number of carbonyl (C=O) groups excluding carboxylic acids is 2. The number of fused-ring (bicyclic) bond motifs is 1. The van der Waals surface area contributed by atoms with Crippen molar-refractivity contribution in [1.82, 2.24) is 5.32 Å². The number of allylic oxidation sites excluding steroid dienone is 4. The van der Waals surface area contributed by atoms with Crippen molar-refractivity contribution in [2.24, 2.45) is 23.7 Å². The van der Waals surface area contributed by atoms with Gasteiger partial charge in [-0.05, 0) is 61.3 Å². The van der Waals surface area contributed by atoms with Gasteiger partial charge in [-0.1, -0.05) is 42.9 Å². The number of phenolic OH excluding ortho intramolecular Hbond substituents is 1. The van der Waals surface area contributed by atoms with E-state index in [2.05, 4.69) is 30.5 Å². The number of aromatic hydroxyl groups is 1. The van der Waals surface area contributed by atoms with E-state index in [0.717, 1.165) is 12.8 Å². The van der Waals surface area contributed by atoms with E-state index in [1.54, 1.807) is 18.2 Å². The molecule has 3 aliphatic rings. The smallest absolute Gasteiger partial charge is 0.263 e. The summed E-state index contributed by atoms with van der Waals surface area (Å²) in [6, 6.07) is 6.36. The van der Waals surface area contributed by atoms with E-state index in [-0.39, 0.29) is 46.3 Å². The van der Waals surface area contributed by atoms with E-state index in [1.807, 2.05) is 6.92 Å². The molecule has 0 fully saturated rings. The normalized spacial score (nSPS) is 30.2. The predicted molar refractivity (Wildman–Crippen MR) is 111 cm³/mol. The second kappa shape index (κ2) is 7.39. The molecule has 3 N–H and O–H groups in total. The number of nitrogens with one attached hydrogen (secondary N) is 1. The van der Waals surface area contributed by atoms with Gasteiger partial charge in [-0.3, -0.25) is 9.59 Å². The van der Waals surface area contributed by atoms with Gasteiger partial charge in [0, 0.05) is 5.92 Å². The molecule has 0 saturated heterocycles. The van der Waals surface area contributed by atoms with Crippen molar-refractivity contribution in [2.45, 2.75) is 26.7 Å². The van der Waals surface area contributed by atoms with Crippen molar-refractivity contribution in [3.8, 4) is 5.75 Å². The first kappa shape index (κ1) is 19.2. The molecule has 0 unspecified atom stereocenters. The third-order valence-electron chi connectivity index (χ3n) is 6.26. The number of hydrogen-bond acceptors (Lipinski definition) is 4. The molecule has 1 aromatic rings. The van der Waals surface area contributed by atoms with E-state index in [1.165, 1.54) is 17.7 Å². The average Bonchev–Trinajstić information content (AvgIpc) is 2.96. The fourth-order valence-electron chi connectivity index (χ4n) is 4.73. The maximum atomic E-state index is 13.4. The third-order valence-corrected chi connectivity index (χ3v) is 6.26. The molecule has 1 amide bonds. The zero-order valence-corrected chi connectivity index (χ0v) is 16.6. The van der Waals surface area contributed by atoms with Crippen molar-refractivity contribution >= 4 is 17.8 Å². The highest BCUT2D eigenvalue weighted by atomic mass is 16.3. The van der Waals surface area contributed by atoms with Crippen LogP contribution >= 0.6 is 0 Å². The van der Waals surface area contributed by atoms with Crippen molar-refractivity contribution < 1.29 is 19.8 Å². The van der Waals surface area contributed by atoms with Gasteiger partial charge in [-0.15, -0.1) is 0 Å². The number of aliphatic hydroxyl groups excluding tert-OH is 1. The second-order valence-electron chi connectivity index (χ2n) is 8.28. The van der Waals surface area contributed by atoms with Gasteiger partial charge in [0.1, 0.15) is 11.3 Å². The van der Waals surface area contributed by atoms with Crippen LogP contribution in [0.4, 0.5) is 0 Å². The van der Waals surface area contributed by atoms with Gasteiger partial charge in [0.2, 0.25) is 0 Å². The van der Waals surface area contributed by atoms with Crippen LogP contribution in [0, 0.1) is 23.7 Å². The molecular weight excluding hydrogens is 366 g/mol. The molecule has 0 spiro atoms. The Hall–Kier alpha value is -3.08. The first-order valence-corrected chi connectivity index (χ1v) is 9.99. The van der Waals surface area contributed by atoms with Gasteiger partial charge in [0.15, 0.2) is 11.5 Å². The van der Waals surface area contributed by atoms with Gasteiger partial charge in [0.05, 0.1) is 5.70 Å². The SMILES string of the molecule is CC1=CC[C@H]2[C@H](C(=O)C3=C(O)C(=Cc4ccc(O)cc4)NC3=O)[C@H](C)C=C[C@@H]2C1. The highest BCUT2D eigenvalue weighted by Crippen LogP contribution is 2.44. The van der Waals surface area contributed by atoms with E-state index in [9.17, 15) is 19.8 Å². The van der Waals surface area contributed by atoms with Crippen LogP contribution in [0.3, 0.4) is 0 Å². The standard InChI is InChI=1S/C24H25NO4/c1-13-3-10-18-16(11-13)7-4-14(2)20(18)23(28)21-22(27)19(25-24(21)29)12-15-5-8-17(26)9-6-15/h3-9,12,14,16,18,20,26-27H,10-11H2,1-2H3,(H,25,29)/t14-,16-,18-,20-/m1/s1. The average molecular weight is 391 g/mol. The van der Waals surface area contributed by atoms with E-state index in [0.29, 0.717) is 11.5 Å². The molecule has 150 valence electrons. The summed E-state index contributed by atoms with van der Waals surface area (Å²) in [7, 11) is 0. The number of carbonyl (C=O) groups is 2. The Morgan fingerprint density at radius 1 is 1.17 bits per heavy atom. The molecule has 5 heteroatoms. The lowest BCUT2D eigenvalue weighted by molar-refractivity contribution is -0.126. The highest BCUT2D eigenvalue weighted by Gasteiger charge is 2.44. The maximum Gasteiger partial charge on any atom is 0.263 e.